The molecule has 128 valence electrons. The van der Waals surface area contributed by atoms with Crippen molar-refractivity contribution in [1.29, 1.82) is 0 Å². The molecule has 0 radical (unpaired) electrons. The number of methoxy groups -OCH3 is 1. The lowest BCUT2D eigenvalue weighted by atomic mass is 10.0. The van der Waals surface area contributed by atoms with Crippen molar-refractivity contribution in [2.24, 2.45) is 0 Å². The molecule has 0 amide bonds. The second-order valence-corrected chi connectivity index (χ2v) is 6.11. The van der Waals surface area contributed by atoms with E-state index in [0.29, 0.717) is 5.75 Å². The number of nitrogens with one attached hydrogen (secondary N) is 1. The molecule has 3 rings (SSSR count). The number of thiophene rings is 1. The Labute approximate surface area is 153 Å². The molecule has 1 aliphatic rings. The number of rotatable bonds is 4. The van der Waals surface area contributed by atoms with Crippen LogP contribution < -0.4 is 10.1 Å². The lowest BCUT2D eigenvalue weighted by molar-refractivity contribution is 0.200. The predicted octanol–water partition coefficient (Wildman–Crippen LogP) is 3.30. The van der Waals surface area contributed by atoms with Crippen LogP contribution in [0.3, 0.4) is 0 Å². The van der Waals surface area contributed by atoms with Crippen molar-refractivity contribution >= 4 is 36.2 Å². The fraction of sp³-hybridized carbons (Fsp3) is 0.375. The van der Waals surface area contributed by atoms with Gasteiger partial charge in [0, 0.05) is 31.1 Å². The summed E-state index contributed by atoms with van der Waals surface area (Å²) in [6, 6.07) is 10.2. The molecule has 0 spiro atoms. The van der Waals surface area contributed by atoms with E-state index in [1.807, 2.05) is 18.2 Å². The zero-order chi connectivity index (χ0) is 14.7. The van der Waals surface area contributed by atoms with Gasteiger partial charge in [0.05, 0.1) is 13.2 Å². The molecule has 0 aliphatic carbocycles. The van der Waals surface area contributed by atoms with Crippen LogP contribution in [0.2, 0.25) is 0 Å². The van der Waals surface area contributed by atoms with Crippen molar-refractivity contribution in [3.05, 3.63) is 46.2 Å². The number of phenolic OH excluding ortho intramolecular Hbond substituents is 1. The first-order valence-corrected chi connectivity index (χ1v) is 8.02. The Morgan fingerprint density at radius 1 is 1.22 bits per heavy atom. The number of hydrogen-bond acceptors (Lipinski definition) is 5. The van der Waals surface area contributed by atoms with Crippen LogP contribution in [0.15, 0.2) is 35.7 Å². The van der Waals surface area contributed by atoms with Gasteiger partial charge in [0.2, 0.25) is 0 Å². The maximum atomic E-state index is 10.1. The molecule has 2 N–H and O–H groups in total. The van der Waals surface area contributed by atoms with Gasteiger partial charge >= 0.3 is 0 Å². The number of hydrogen-bond donors (Lipinski definition) is 2. The third kappa shape index (κ3) is 4.52. The van der Waals surface area contributed by atoms with E-state index in [9.17, 15) is 5.11 Å². The van der Waals surface area contributed by atoms with Crippen LogP contribution >= 0.6 is 36.2 Å². The number of benzene rings is 1. The van der Waals surface area contributed by atoms with Gasteiger partial charge in [-0.3, -0.25) is 4.90 Å². The largest absolute Gasteiger partial charge is 0.504 e. The Morgan fingerprint density at radius 2 is 1.96 bits per heavy atom. The summed E-state index contributed by atoms with van der Waals surface area (Å²) < 4.78 is 5.14. The molecule has 0 saturated carbocycles. The third-order valence-corrected chi connectivity index (χ3v) is 4.77. The van der Waals surface area contributed by atoms with Crippen LogP contribution in [0, 0.1) is 0 Å². The lowest BCUT2D eigenvalue weighted by Crippen LogP contribution is -2.45. The number of phenols is 1. The molecule has 1 atom stereocenters. The minimum Gasteiger partial charge on any atom is -0.504 e. The molecule has 2 heterocycles. The SMILES string of the molecule is COc1ccc([C@@H](c2cccs2)N2CCNCC2)cc1O.Cl.Cl. The van der Waals surface area contributed by atoms with E-state index < -0.39 is 0 Å². The molecule has 1 aliphatic heterocycles. The van der Waals surface area contributed by atoms with Crippen molar-refractivity contribution in [2.75, 3.05) is 33.3 Å². The molecule has 2 aromatic rings. The fourth-order valence-electron chi connectivity index (χ4n) is 2.82. The summed E-state index contributed by atoms with van der Waals surface area (Å²) >= 11 is 1.76. The number of ether oxygens (including phenoxy) is 1. The van der Waals surface area contributed by atoms with Crippen LogP contribution in [0.25, 0.3) is 0 Å². The van der Waals surface area contributed by atoms with Gasteiger partial charge in [-0.05, 0) is 29.1 Å². The maximum absolute atomic E-state index is 10.1. The average molecular weight is 377 g/mol. The van der Waals surface area contributed by atoms with E-state index in [2.05, 4.69) is 27.7 Å². The first-order valence-electron chi connectivity index (χ1n) is 7.14. The zero-order valence-corrected chi connectivity index (χ0v) is 15.3. The fourth-order valence-corrected chi connectivity index (χ4v) is 3.70. The molecule has 7 heteroatoms. The maximum Gasteiger partial charge on any atom is 0.160 e. The van der Waals surface area contributed by atoms with Crippen molar-refractivity contribution < 1.29 is 9.84 Å². The second kappa shape index (κ2) is 9.35. The van der Waals surface area contributed by atoms with E-state index in [1.165, 1.54) is 4.88 Å². The minimum absolute atomic E-state index is 0. The molecule has 23 heavy (non-hydrogen) atoms. The van der Waals surface area contributed by atoms with Crippen LogP contribution in [0.4, 0.5) is 0 Å². The van der Waals surface area contributed by atoms with Gasteiger partial charge in [-0.25, -0.2) is 0 Å². The average Bonchev–Trinajstić information content (AvgIpc) is 3.03. The van der Waals surface area contributed by atoms with Crippen molar-refractivity contribution in [3.63, 3.8) is 0 Å². The molecule has 4 nitrogen and oxygen atoms in total. The van der Waals surface area contributed by atoms with Crippen molar-refractivity contribution in [2.45, 2.75) is 6.04 Å². The van der Waals surface area contributed by atoms with Gasteiger partial charge in [-0.2, -0.15) is 0 Å². The normalized spacial score (nSPS) is 16.0. The molecule has 1 aromatic heterocycles. The molecular formula is C16H22Cl2N2O2S. The van der Waals surface area contributed by atoms with E-state index in [4.69, 9.17) is 4.74 Å². The molecule has 1 aromatic carbocycles. The first-order chi connectivity index (χ1) is 10.3. The summed E-state index contributed by atoms with van der Waals surface area (Å²) in [5, 5.41) is 15.6. The monoisotopic (exact) mass is 376 g/mol. The number of nitrogens with zero attached hydrogens (tertiary/aromatic N) is 1. The Bertz CT molecular complexity index is 590. The topological polar surface area (TPSA) is 44.7 Å². The van der Waals surface area contributed by atoms with Gasteiger partial charge < -0.3 is 15.2 Å². The highest BCUT2D eigenvalue weighted by molar-refractivity contribution is 7.10. The Morgan fingerprint density at radius 3 is 2.52 bits per heavy atom. The van der Waals surface area contributed by atoms with Gasteiger partial charge in [-0.1, -0.05) is 12.1 Å². The van der Waals surface area contributed by atoms with Gasteiger partial charge in [0.1, 0.15) is 0 Å². The highest BCUT2D eigenvalue weighted by Gasteiger charge is 2.25. The summed E-state index contributed by atoms with van der Waals surface area (Å²) in [5.41, 5.74) is 1.11. The zero-order valence-electron chi connectivity index (χ0n) is 12.9. The molecule has 1 fully saturated rings. The third-order valence-electron chi connectivity index (χ3n) is 3.85. The molecule has 0 unspecified atom stereocenters. The van der Waals surface area contributed by atoms with Crippen LogP contribution in [0.5, 0.6) is 11.5 Å². The smallest absolute Gasteiger partial charge is 0.160 e. The minimum atomic E-state index is 0. The Hall–Kier alpha value is -0.980. The Kier molecular flexibility index (Phi) is 8.16. The molecule has 1 saturated heterocycles. The summed E-state index contributed by atoms with van der Waals surface area (Å²) in [5.74, 6) is 0.718. The standard InChI is InChI=1S/C16H20N2O2S.2ClH/c1-20-14-5-4-12(11-13(14)19)16(15-3-2-10-21-15)18-8-6-17-7-9-18;;/h2-5,10-11,16-17,19H,6-9H2,1H3;2*1H/t16-;;/m0../s1. The lowest BCUT2D eigenvalue weighted by Gasteiger charge is -2.34. The molecule has 0 bridgehead atoms. The Balaban J connectivity index is 0.00000132. The van der Waals surface area contributed by atoms with E-state index >= 15 is 0 Å². The van der Waals surface area contributed by atoms with E-state index in [0.717, 1.165) is 31.7 Å². The van der Waals surface area contributed by atoms with Crippen LogP contribution in [0.1, 0.15) is 16.5 Å². The molecular weight excluding hydrogens is 355 g/mol. The van der Waals surface area contributed by atoms with Crippen LogP contribution in [-0.4, -0.2) is 43.3 Å². The first kappa shape index (κ1) is 20.1. The summed E-state index contributed by atoms with van der Waals surface area (Å²) in [6.45, 7) is 4.03. The van der Waals surface area contributed by atoms with Gasteiger partial charge in [0.15, 0.2) is 11.5 Å². The summed E-state index contributed by atoms with van der Waals surface area (Å²) in [7, 11) is 1.57. The number of halogens is 2. The van der Waals surface area contributed by atoms with Crippen LogP contribution in [-0.2, 0) is 0 Å². The second-order valence-electron chi connectivity index (χ2n) is 5.14. The highest BCUT2D eigenvalue weighted by Crippen LogP contribution is 2.36. The summed E-state index contributed by atoms with van der Waals surface area (Å²) in [6.07, 6.45) is 0. The number of piperazine rings is 1. The van der Waals surface area contributed by atoms with E-state index in [1.54, 1.807) is 18.4 Å². The van der Waals surface area contributed by atoms with E-state index in [-0.39, 0.29) is 36.6 Å². The van der Waals surface area contributed by atoms with Crippen molar-refractivity contribution in [3.8, 4) is 11.5 Å². The van der Waals surface area contributed by atoms with Gasteiger partial charge in [-0.15, -0.1) is 36.2 Å². The quantitative estimate of drug-likeness (QED) is 0.858. The van der Waals surface area contributed by atoms with Gasteiger partial charge in [0.25, 0.3) is 0 Å². The predicted molar refractivity (Wildman–Crippen MR) is 99.8 cm³/mol. The summed E-state index contributed by atoms with van der Waals surface area (Å²) in [4.78, 5) is 3.77. The van der Waals surface area contributed by atoms with Crippen molar-refractivity contribution in [1.82, 2.24) is 10.2 Å². The highest BCUT2D eigenvalue weighted by atomic mass is 35.5. The number of aromatic hydroxyl groups is 1.